The summed E-state index contributed by atoms with van der Waals surface area (Å²) in [5.41, 5.74) is 0. The van der Waals surface area contributed by atoms with Crippen LogP contribution in [-0.2, 0) is 14.3 Å². The monoisotopic (exact) mass is 270 g/mol. The summed E-state index contributed by atoms with van der Waals surface area (Å²) in [7, 11) is 0. The van der Waals surface area contributed by atoms with E-state index in [0.29, 0.717) is 12.6 Å². The summed E-state index contributed by atoms with van der Waals surface area (Å²) in [4.78, 5) is 11.8. The van der Waals surface area contributed by atoms with Crippen molar-refractivity contribution in [2.45, 2.75) is 50.7 Å². The van der Waals surface area contributed by atoms with Gasteiger partial charge in [0, 0.05) is 26.4 Å². The number of amides is 1. The Hall–Kier alpha value is -0.650. The molecule has 1 atom stereocenters. The standard InChI is InChI=1S/C14H26N2O3/c17-14(13-4-1-2-7-15-13)16-8-3-9-19-12-5-10-18-11-6-12/h12-13,15H,1-11H2,(H,16,17). The molecule has 1 amide bonds. The van der Waals surface area contributed by atoms with Gasteiger partial charge < -0.3 is 20.1 Å². The van der Waals surface area contributed by atoms with Gasteiger partial charge in [-0.05, 0) is 38.6 Å². The fraction of sp³-hybridized carbons (Fsp3) is 0.929. The number of hydrogen-bond donors (Lipinski definition) is 2. The molecule has 2 heterocycles. The summed E-state index contributed by atoms with van der Waals surface area (Å²) in [5, 5.41) is 6.24. The highest BCUT2D eigenvalue weighted by Crippen LogP contribution is 2.10. The van der Waals surface area contributed by atoms with Crippen LogP contribution in [0.5, 0.6) is 0 Å². The molecule has 0 radical (unpaired) electrons. The topological polar surface area (TPSA) is 59.6 Å². The van der Waals surface area contributed by atoms with Gasteiger partial charge in [0.2, 0.25) is 5.91 Å². The fourth-order valence-corrected chi connectivity index (χ4v) is 2.58. The van der Waals surface area contributed by atoms with E-state index >= 15 is 0 Å². The predicted octanol–water partition coefficient (Wildman–Crippen LogP) is 0.830. The molecule has 0 aromatic heterocycles. The number of carbonyl (C=O) groups is 1. The second-order valence-electron chi connectivity index (χ2n) is 5.33. The number of nitrogens with one attached hydrogen (secondary N) is 2. The van der Waals surface area contributed by atoms with Gasteiger partial charge in [0.1, 0.15) is 0 Å². The van der Waals surface area contributed by atoms with Crippen LogP contribution in [0.25, 0.3) is 0 Å². The minimum absolute atomic E-state index is 0.0187. The van der Waals surface area contributed by atoms with Crippen molar-refractivity contribution >= 4 is 5.91 Å². The average Bonchev–Trinajstić information content (AvgIpc) is 2.49. The van der Waals surface area contributed by atoms with Gasteiger partial charge in [0.05, 0.1) is 12.1 Å². The van der Waals surface area contributed by atoms with Crippen molar-refractivity contribution in [1.82, 2.24) is 10.6 Å². The third-order valence-corrected chi connectivity index (χ3v) is 3.77. The van der Waals surface area contributed by atoms with Gasteiger partial charge in [-0.1, -0.05) is 6.42 Å². The van der Waals surface area contributed by atoms with E-state index in [1.165, 1.54) is 6.42 Å². The van der Waals surface area contributed by atoms with Crippen molar-refractivity contribution in [2.24, 2.45) is 0 Å². The Morgan fingerprint density at radius 2 is 2.11 bits per heavy atom. The first-order valence-corrected chi connectivity index (χ1v) is 7.57. The van der Waals surface area contributed by atoms with E-state index < -0.39 is 0 Å². The SMILES string of the molecule is O=C(NCCCOC1CCOCC1)C1CCCCN1. The van der Waals surface area contributed by atoms with E-state index in [4.69, 9.17) is 9.47 Å². The zero-order valence-electron chi connectivity index (χ0n) is 11.7. The van der Waals surface area contributed by atoms with Gasteiger partial charge >= 0.3 is 0 Å². The Morgan fingerprint density at radius 3 is 2.84 bits per heavy atom. The molecular weight excluding hydrogens is 244 g/mol. The van der Waals surface area contributed by atoms with Gasteiger partial charge in [-0.2, -0.15) is 0 Å². The molecule has 1 unspecified atom stereocenters. The number of ether oxygens (including phenoxy) is 2. The molecule has 0 aromatic carbocycles. The molecule has 5 heteroatoms. The lowest BCUT2D eigenvalue weighted by molar-refractivity contribution is -0.123. The van der Waals surface area contributed by atoms with Crippen molar-refractivity contribution in [3.05, 3.63) is 0 Å². The van der Waals surface area contributed by atoms with Gasteiger partial charge in [0.15, 0.2) is 0 Å². The Morgan fingerprint density at radius 1 is 1.26 bits per heavy atom. The Balaban J connectivity index is 1.47. The Kier molecular flexibility index (Phi) is 6.61. The van der Waals surface area contributed by atoms with Crippen LogP contribution in [0.1, 0.15) is 38.5 Å². The van der Waals surface area contributed by atoms with Gasteiger partial charge in [-0.3, -0.25) is 4.79 Å². The maximum atomic E-state index is 11.8. The lowest BCUT2D eigenvalue weighted by Crippen LogP contribution is -2.46. The van der Waals surface area contributed by atoms with Crippen LogP contribution in [0.2, 0.25) is 0 Å². The zero-order valence-corrected chi connectivity index (χ0v) is 11.7. The summed E-state index contributed by atoms with van der Waals surface area (Å²) in [5.74, 6) is 0.144. The van der Waals surface area contributed by atoms with Crippen LogP contribution in [0.15, 0.2) is 0 Å². The second-order valence-corrected chi connectivity index (χ2v) is 5.33. The molecule has 2 fully saturated rings. The van der Waals surface area contributed by atoms with Crippen LogP contribution in [0, 0.1) is 0 Å². The van der Waals surface area contributed by atoms with E-state index in [9.17, 15) is 4.79 Å². The van der Waals surface area contributed by atoms with E-state index in [1.54, 1.807) is 0 Å². The van der Waals surface area contributed by atoms with E-state index in [2.05, 4.69) is 10.6 Å². The number of hydrogen-bond acceptors (Lipinski definition) is 4. The number of carbonyl (C=O) groups excluding carboxylic acids is 1. The Labute approximate surface area is 115 Å². The fourth-order valence-electron chi connectivity index (χ4n) is 2.58. The summed E-state index contributed by atoms with van der Waals surface area (Å²) in [6, 6.07) is 0.0187. The largest absolute Gasteiger partial charge is 0.381 e. The molecule has 2 rings (SSSR count). The average molecular weight is 270 g/mol. The van der Waals surface area contributed by atoms with Crippen LogP contribution in [0.3, 0.4) is 0 Å². The molecule has 2 N–H and O–H groups in total. The van der Waals surface area contributed by atoms with Crippen molar-refractivity contribution in [2.75, 3.05) is 32.9 Å². The molecule has 2 aliphatic heterocycles. The van der Waals surface area contributed by atoms with Crippen LogP contribution < -0.4 is 10.6 Å². The summed E-state index contributed by atoms with van der Waals surface area (Å²) in [6.45, 7) is 4.03. The number of piperidine rings is 1. The lowest BCUT2D eigenvalue weighted by atomic mass is 10.0. The highest BCUT2D eigenvalue weighted by Gasteiger charge is 2.19. The van der Waals surface area contributed by atoms with Crippen molar-refractivity contribution < 1.29 is 14.3 Å². The third-order valence-electron chi connectivity index (χ3n) is 3.77. The summed E-state index contributed by atoms with van der Waals surface area (Å²) in [6.07, 6.45) is 6.53. The molecule has 0 spiro atoms. The molecule has 2 aliphatic rings. The molecule has 0 aromatic rings. The van der Waals surface area contributed by atoms with Crippen molar-refractivity contribution in [3.8, 4) is 0 Å². The van der Waals surface area contributed by atoms with E-state index in [0.717, 1.165) is 58.5 Å². The summed E-state index contributed by atoms with van der Waals surface area (Å²) >= 11 is 0. The molecule has 5 nitrogen and oxygen atoms in total. The molecule has 0 saturated carbocycles. The van der Waals surface area contributed by atoms with Crippen molar-refractivity contribution in [1.29, 1.82) is 0 Å². The maximum Gasteiger partial charge on any atom is 0.237 e. The van der Waals surface area contributed by atoms with Crippen LogP contribution >= 0.6 is 0 Å². The number of rotatable bonds is 6. The Bertz CT molecular complexity index is 261. The molecule has 0 aliphatic carbocycles. The van der Waals surface area contributed by atoms with Gasteiger partial charge in [-0.15, -0.1) is 0 Å². The molecule has 110 valence electrons. The minimum atomic E-state index is 0.0187. The first kappa shape index (κ1) is 14.8. The lowest BCUT2D eigenvalue weighted by Gasteiger charge is -2.23. The van der Waals surface area contributed by atoms with E-state index in [1.807, 2.05) is 0 Å². The molecular formula is C14H26N2O3. The normalized spacial score (nSPS) is 25.2. The van der Waals surface area contributed by atoms with Crippen LogP contribution in [-0.4, -0.2) is 51.0 Å². The first-order valence-electron chi connectivity index (χ1n) is 7.57. The van der Waals surface area contributed by atoms with Crippen LogP contribution in [0.4, 0.5) is 0 Å². The smallest absolute Gasteiger partial charge is 0.237 e. The quantitative estimate of drug-likeness (QED) is 0.702. The molecule has 19 heavy (non-hydrogen) atoms. The van der Waals surface area contributed by atoms with Gasteiger partial charge in [0.25, 0.3) is 0 Å². The third kappa shape index (κ3) is 5.47. The summed E-state index contributed by atoms with van der Waals surface area (Å²) < 4.78 is 11.0. The first-order chi connectivity index (χ1) is 9.36. The second kappa shape index (κ2) is 8.51. The minimum Gasteiger partial charge on any atom is -0.381 e. The maximum absolute atomic E-state index is 11.8. The van der Waals surface area contributed by atoms with Crippen molar-refractivity contribution in [3.63, 3.8) is 0 Å². The zero-order chi connectivity index (χ0) is 13.3. The highest BCUT2D eigenvalue weighted by atomic mass is 16.5. The highest BCUT2D eigenvalue weighted by molar-refractivity contribution is 5.81. The predicted molar refractivity (Wildman–Crippen MR) is 73.1 cm³/mol. The van der Waals surface area contributed by atoms with E-state index in [-0.39, 0.29) is 11.9 Å². The molecule has 2 saturated heterocycles. The molecule has 0 bridgehead atoms. The van der Waals surface area contributed by atoms with Gasteiger partial charge in [-0.25, -0.2) is 0 Å².